The lowest BCUT2D eigenvalue weighted by molar-refractivity contribution is 0.0929. The number of carbonyl (C=O) groups excluding carboxylic acids is 1. The van der Waals surface area contributed by atoms with Crippen LogP contribution in [-0.4, -0.2) is 11.8 Å². The molecule has 3 heteroatoms. The van der Waals surface area contributed by atoms with Crippen LogP contribution in [0.3, 0.4) is 0 Å². The van der Waals surface area contributed by atoms with Crippen LogP contribution < -0.4 is 5.73 Å². The molecule has 1 aliphatic rings. The van der Waals surface area contributed by atoms with E-state index in [1.54, 1.807) is 12.1 Å². The molecule has 0 radical (unpaired) electrons. The number of hydrogen-bond donors (Lipinski definition) is 1. The van der Waals surface area contributed by atoms with E-state index in [-0.39, 0.29) is 17.2 Å². The van der Waals surface area contributed by atoms with E-state index in [0.717, 1.165) is 11.1 Å². The highest BCUT2D eigenvalue weighted by molar-refractivity contribution is 6.30. The maximum absolute atomic E-state index is 11.8. The first-order valence-corrected chi connectivity index (χ1v) is 5.39. The number of Topliss-reactive ketones (excluding diaryl/α,β-unsaturated/α-hetero) is 1. The van der Waals surface area contributed by atoms with E-state index in [1.165, 1.54) is 0 Å². The van der Waals surface area contributed by atoms with Crippen molar-refractivity contribution >= 4 is 17.4 Å². The Labute approximate surface area is 94.4 Å². The summed E-state index contributed by atoms with van der Waals surface area (Å²) >= 11 is 5.95. The minimum atomic E-state index is -0.381. The number of nitrogens with two attached hydrogens (primary N) is 1. The Morgan fingerprint density at radius 1 is 1.47 bits per heavy atom. The standard InChI is InChI=1S/C12H14ClNO/c1-12(2)6-10(14)11(15)8-4-3-7(13)5-9(8)12/h3-5,10H,6,14H2,1-2H3. The summed E-state index contributed by atoms with van der Waals surface area (Å²) in [6, 6.07) is 5.02. The van der Waals surface area contributed by atoms with Crippen LogP contribution in [0.25, 0.3) is 0 Å². The van der Waals surface area contributed by atoms with Gasteiger partial charge in [-0.2, -0.15) is 0 Å². The van der Waals surface area contributed by atoms with Gasteiger partial charge < -0.3 is 5.73 Å². The summed E-state index contributed by atoms with van der Waals surface area (Å²) in [6.07, 6.45) is 0.680. The monoisotopic (exact) mass is 223 g/mol. The number of benzene rings is 1. The van der Waals surface area contributed by atoms with Crippen LogP contribution in [0, 0.1) is 0 Å². The molecule has 15 heavy (non-hydrogen) atoms. The molecule has 0 fully saturated rings. The van der Waals surface area contributed by atoms with Gasteiger partial charge in [-0.25, -0.2) is 0 Å². The zero-order valence-corrected chi connectivity index (χ0v) is 9.64. The molecule has 0 amide bonds. The Morgan fingerprint density at radius 2 is 2.13 bits per heavy atom. The van der Waals surface area contributed by atoms with E-state index in [2.05, 4.69) is 13.8 Å². The van der Waals surface area contributed by atoms with Crippen LogP contribution in [-0.2, 0) is 5.41 Å². The predicted molar refractivity (Wildman–Crippen MR) is 61.4 cm³/mol. The van der Waals surface area contributed by atoms with Gasteiger partial charge in [0.15, 0.2) is 5.78 Å². The van der Waals surface area contributed by atoms with Crippen molar-refractivity contribution in [1.29, 1.82) is 0 Å². The summed E-state index contributed by atoms with van der Waals surface area (Å²) < 4.78 is 0. The van der Waals surface area contributed by atoms with E-state index in [0.29, 0.717) is 11.4 Å². The van der Waals surface area contributed by atoms with Crippen LogP contribution in [0.15, 0.2) is 18.2 Å². The molecule has 1 aromatic carbocycles. The van der Waals surface area contributed by atoms with Crippen molar-refractivity contribution in [3.63, 3.8) is 0 Å². The highest BCUT2D eigenvalue weighted by Crippen LogP contribution is 2.37. The second-order valence-corrected chi connectivity index (χ2v) is 5.19. The first-order valence-electron chi connectivity index (χ1n) is 5.01. The van der Waals surface area contributed by atoms with Crippen molar-refractivity contribution < 1.29 is 4.79 Å². The summed E-state index contributed by atoms with van der Waals surface area (Å²) in [4.78, 5) is 11.8. The molecular weight excluding hydrogens is 210 g/mol. The third-order valence-corrected chi connectivity index (χ3v) is 3.28. The Balaban J connectivity index is 2.64. The zero-order chi connectivity index (χ0) is 11.2. The van der Waals surface area contributed by atoms with Gasteiger partial charge in [0.1, 0.15) is 0 Å². The second kappa shape index (κ2) is 3.32. The summed E-state index contributed by atoms with van der Waals surface area (Å²) in [5.41, 5.74) is 7.49. The molecule has 1 unspecified atom stereocenters. The Bertz CT molecular complexity index is 426. The van der Waals surface area contributed by atoms with Crippen molar-refractivity contribution in [1.82, 2.24) is 0 Å². The molecule has 0 aliphatic heterocycles. The fraction of sp³-hybridized carbons (Fsp3) is 0.417. The summed E-state index contributed by atoms with van der Waals surface area (Å²) in [5.74, 6) is 0.0287. The van der Waals surface area contributed by atoms with Crippen LogP contribution >= 0.6 is 11.6 Å². The fourth-order valence-electron chi connectivity index (χ4n) is 2.24. The Hall–Kier alpha value is -0.860. The van der Waals surface area contributed by atoms with Gasteiger partial charge in [-0.3, -0.25) is 4.79 Å². The second-order valence-electron chi connectivity index (χ2n) is 4.75. The van der Waals surface area contributed by atoms with Gasteiger partial charge in [0, 0.05) is 10.6 Å². The molecule has 1 aliphatic carbocycles. The minimum Gasteiger partial charge on any atom is -0.321 e. The van der Waals surface area contributed by atoms with E-state index in [4.69, 9.17) is 17.3 Å². The molecular formula is C12H14ClNO. The molecule has 0 bridgehead atoms. The lowest BCUT2D eigenvalue weighted by Gasteiger charge is -2.35. The first kappa shape index (κ1) is 10.7. The number of halogens is 1. The van der Waals surface area contributed by atoms with E-state index >= 15 is 0 Å². The van der Waals surface area contributed by atoms with Crippen molar-refractivity contribution in [3.05, 3.63) is 34.3 Å². The van der Waals surface area contributed by atoms with Gasteiger partial charge in [-0.05, 0) is 35.6 Å². The molecule has 0 saturated carbocycles. The Morgan fingerprint density at radius 3 is 2.80 bits per heavy atom. The van der Waals surface area contributed by atoms with Crippen molar-refractivity contribution in [3.8, 4) is 0 Å². The van der Waals surface area contributed by atoms with Gasteiger partial charge in [0.25, 0.3) is 0 Å². The average molecular weight is 224 g/mol. The van der Waals surface area contributed by atoms with Crippen molar-refractivity contribution in [2.45, 2.75) is 31.7 Å². The maximum Gasteiger partial charge on any atom is 0.179 e. The zero-order valence-electron chi connectivity index (χ0n) is 8.88. The molecule has 0 heterocycles. The fourth-order valence-corrected chi connectivity index (χ4v) is 2.42. The summed E-state index contributed by atoms with van der Waals surface area (Å²) in [5, 5.41) is 0.671. The van der Waals surface area contributed by atoms with Gasteiger partial charge in [-0.1, -0.05) is 25.4 Å². The quantitative estimate of drug-likeness (QED) is 0.735. The number of rotatable bonds is 0. The van der Waals surface area contributed by atoms with Gasteiger partial charge in [0.05, 0.1) is 6.04 Å². The first-order chi connectivity index (χ1) is 6.92. The largest absolute Gasteiger partial charge is 0.321 e. The Kier molecular flexibility index (Phi) is 2.36. The number of ketones is 1. The normalized spacial score (nSPS) is 23.7. The minimum absolute atomic E-state index is 0.0287. The lowest BCUT2D eigenvalue weighted by atomic mass is 9.70. The SMILES string of the molecule is CC1(C)CC(N)C(=O)c2ccc(Cl)cc21. The van der Waals surface area contributed by atoms with Crippen LogP contribution in [0.1, 0.15) is 36.2 Å². The molecule has 2 nitrogen and oxygen atoms in total. The molecule has 0 spiro atoms. The van der Waals surface area contributed by atoms with E-state index in [1.807, 2.05) is 6.07 Å². The lowest BCUT2D eigenvalue weighted by Crippen LogP contribution is -2.42. The molecule has 1 aromatic rings. The third-order valence-electron chi connectivity index (χ3n) is 3.04. The van der Waals surface area contributed by atoms with Gasteiger partial charge in [0.2, 0.25) is 0 Å². The number of fused-ring (bicyclic) bond motifs is 1. The number of hydrogen-bond acceptors (Lipinski definition) is 2. The van der Waals surface area contributed by atoms with Crippen LogP contribution in [0.5, 0.6) is 0 Å². The summed E-state index contributed by atoms with van der Waals surface area (Å²) in [6.45, 7) is 4.18. The van der Waals surface area contributed by atoms with Crippen LogP contribution in [0.4, 0.5) is 0 Å². The van der Waals surface area contributed by atoms with Gasteiger partial charge in [-0.15, -0.1) is 0 Å². The van der Waals surface area contributed by atoms with E-state index < -0.39 is 0 Å². The molecule has 0 aromatic heterocycles. The number of carbonyl (C=O) groups is 1. The van der Waals surface area contributed by atoms with Crippen LogP contribution in [0.2, 0.25) is 5.02 Å². The molecule has 2 N–H and O–H groups in total. The van der Waals surface area contributed by atoms with E-state index in [9.17, 15) is 4.79 Å². The van der Waals surface area contributed by atoms with Gasteiger partial charge >= 0.3 is 0 Å². The molecule has 1 atom stereocenters. The highest BCUT2D eigenvalue weighted by atomic mass is 35.5. The predicted octanol–water partition coefficient (Wildman–Crippen LogP) is 2.53. The topological polar surface area (TPSA) is 43.1 Å². The molecule has 80 valence electrons. The van der Waals surface area contributed by atoms with Crippen molar-refractivity contribution in [2.24, 2.45) is 5.73 Å². The third kappa shape index (κ3) is 1.68. The smallest absolute Gasteiger partial charge is 0.179 e. The summed E-state index contributed by atoms with van der Waals surface area (Å²) in [7, 11) is 0. The van der Waals surface area contributed by atoms with Crippen molar-refractivity contribution in [2.75, 3.05) is 0 Å². The maximum atomic E-state index is 11.8. The highest BCUT2D eigenvalue weighted by Gasteiger charge is 2.36. The molecule has 2 rings (SSSR count). The molecule has 0 saturated heterocycles. The average Bonchev–Trinajstić information content (AvgIpc) is 2.14.